The Kier molecular flexibility index (Phi) is 6.44. The van der Waals surface area contributed by atoms with Gasteiger partial charge < -0.3 is 10.2 Å². The summed E-state index contributed by atoms with van der Waals surface area (Å²) in [6, 6.07) is 6.37. The van der Waals surface area contributed by atoms with E-state index in [-0.39, 0.29) is 10.8 Å². The highest BCUT2D eigenvalue weighted by Crippen LogP contribution is 2.30. The number of hydrogen-bond donors (Lipinski definition) is 2. The number of benzene rings is 1. The fourth-order valence-corrected chi connectivity index (χ4v) is 4.47. The van der Waals surface area contributed by atoms with E-state index in [1.165, 1.54) is 33.9 Å². The molecule has 0 aliphatic carbocycles. The summed E-state index contributed by atoms with van der Waals surface area (Å²) in [4.78, 5) is 16.4. The molecule has 1 heterocycles. The number of carbonyl (C=O) groups excluding carboxylic acids is 1. The minimum atomic E-state index is -3.85. The van der Waals surface area contributed by atoms with E-state index in [0.717, 1.165) is 19.3 Å². The third-order valence-electron chi connectivity index (χ3n) is 4.00. The number of primary sulfonamides is 1. The number of nitrogens with one attached hydrogen (secondary N) is 1. The summed E-state index contributed by atoms with van der Waals surface area (Å²) in [5.74, 6) is -0.248. The van der Waals surface area contributed by atoms with Crippen LogP contribution in [0.3, 0.4) is 0 Å². The van der Waals surface area contributed by atoms with E-state index in [2.05, 4.69) is 19.2 Å². The largest absolute Gasteiger partial charge is 0.376 e. The molecule has 1 aromatic carbocycles. The van der Waals surface area contributed by atoms with E-state index in [9.17, 15) is 13.2 Å². The van der Waals surface area contributed by atoms with Crippen molar-refractivity contribution in [3.8, 4) is 0 Å². The molecule has 0 fully saturated rings. The summed E-state index contributed by atoms with van der Waals surface area (Å²) in [5, 5.41) is 8.05. The minimum Gasteiger partial charge on any atom is -0.376 e. The number of rotatable bonds is 7. The summed E-state index contributed by atoms with van der Waals surface area (Å²) in [7, 11) is -0.208. The van der Waals surface area contributed by atoms with Gasteiger partial charge in [-0.2, -0.15) is 0 Å². The van der Waals surface area contributed by atoms with Gasteiger partial charge in [-0.3, -0.25) is 4.79 Å². The van der Waals surface area contributed by atoms with Crippen molar-refractivity contribution < 1.29 is 13.2 Å². The molecule has 142 valence electrons. The molecule has 0 bridgehead atoms. The van der Waals surface area contributed by atoms with Crippen molar-refractivity contribution in [1.82, 2.24) is 0 Å². The number of nitrogens with zero attached hydrogens (tertiary/aromatic N) is 1. The molecular weight excluding hydrogens is 370 g/mol. The predicted octanol–water partition coefficient (Wildman–Crippen LogP) is 3.23. The first-order chi connectivity index (χ1) is 12.2. The first-order valence-corrected chi connectivity index (χ1v) is 10.8. The van der Waals surface area contributed by atoms with E-state index in [1.54, 1.807) is 11.0 Å². The van der Waals surface area contributed by atoms with Gasteiger partial charge >= 0.3 is 0 Å². The van der Waals surface area contributed by atoms with Crippen molar-refractivity contribution in [2.45, 2.75) is 38.0 Å². The van der Waals surface area contributed by atoms with E-state index < -0.39 is 10.0 Å². The number of nitrogens with two attached hydrogens (primary N) is 1. The lowest BCUT2D eigenvalue weighted by Gasteiger charge is -2.18. The molecule has 0 spiro atoms. The van der Waals surface area contributed by atoms with Crippen LogP contribution in [0, 0.1) is 0 Å². The monoisotopic (exact) mass is 395 g/mol. The number of thiophene rings is 1. The molecule has 2 rings (SSSR count). The zero-order chi connectivity index (χ0) is 19.5. The fourth-order valence-electron chi connectivity index (χ4n) is 2.68. The average molecular weight is 396 g/mol. The molecule has 0 aliphatic rings. The van der Waals surface area contributed by atoms with Crippen LogP contribution in [0.25, 0.3) is 0 Å². The maximum Gasteiger partial charge on any atom is 0.265 e. The van der Waals surface area contributed by atoms with Crippen LogP contribution in [0.2, 0.25) is 0 Å². The van der Waals surface area contributed by atoms with E-state index in [4.69, 9.17) is 5.14 Å². The molecule has 26 heavy (non-hydrogen) atoms. The van der Waals surface area contributed by atoms with Crippen molar-refractivity contribution in [1.29, 1.82) is 0 Å². The van der Waals surface area contributed by atoms with Crippen LogP contribution >= 0.6 is 11.3 Å². The van der Waals surface area contributed by atoms with Crippen LogP contribution in [0.15, 0.2) is 29.2 Å². The molecule has 0 aliphatic heterocycles. The Morgan fingerprint density at radius 2 is 1.92 bits per heavy atom. The first kappa shape index (κ1) is 20.4. The molecule has 0 radical (unpaired) electrons. The molecule has 3 N–H and O–H groups in total. The average Bonchev–Trinajstić information content (AvgIpc) is 2.97. The molecule has 6 nitrogen and oxygen atoms in total. The zero-order valence-electron chi connectivity index (χ0n) is 15.5. The SMILES string of the molecule is CCCc1sc(C(=O)Nc2cc(S(N)(=O)=O)ccc2N(C)C)cc1CC. The predicted molar refractivity (Wildman–Crippen MR) is 108 cm³/mol. The summed E-state index contributed by atoms with van der Waals surface area (Å²) in [6.45, 7) is 4.18. The molecule has 2 aromatic rings. The second-order valence-corrected chi connectivity index (χ2v) is 8.93. The van der Waals surface area contributed by atoms with Crippen molar-refractivity contribution in [2.24, 2.45) is 5.14 Å². The smallest absolute Gasteiger partial charge is 0.265 e. The van der Waals surface area contributed by atoms with Gasteiger partial charge in [-0.05, 0) is 42.7 Å². The highest BCUT2D eigenvalue weighted by atomic mass is 32.2. The van der Waals surface area contributed by atoms with Crippen LogP contribution in [-0.4, -0.2) is 28.4 Å². The summed E-state index contributed by atoms with van der Waals surface area (Å²) < 4.78 is 23.3. The van der Waals surface area contributed by atoms with Crippen LogP contribution in [0.1, 0.15) is 40.4 Å². The lowest BCUT2D eigenvalue weighted by molar-refractivity contribution is 0.103. The Labute approximate surface area is 159 Å². The third-order valence-corrected chi connectivity index (χ3v) is 6.15. The van der Waals surface area contributed by atoms with Gasteiger partial charge in [0.1, 0.15) is 0 Å². The maximum absolute atomic E-state index is 12.7. The lowest BCUT2D eigenvalue weighted by Crippen LogP contribution is -2.18. The number of hydrogen-bond acceptors (Lipinski definition) is 5. The Balaban J connectivity index is 2.39. The molecule has 0 unspecified atom stereocenters. The number of aryl methyl sites for hydroxylation is 2. The van der Waals surface area contributed by atoms with Gasteiger partial charge in [0.05, 0.1) is 21.1 Å². The van der Waals surface area contributed by atoms with Gasteiger partial charge in [-0.25, -0.2) is 13.6 Å². The van der Waals surface area contributed by atoms with Crippen molar-refractivity contribution >= 4 is 38.6 Å². The third kappa shape index (κ3) is 4.63. The standard InChI is InChI=1S/C18H25N3O3S2/c1-5-7-16-12(6-2)10-17(25-16)18(22)20-14-11-13(26(19,23)24)8-9-15(14)21(3)4/h8-11H,5-7H2,1-4H3,(H,20,22)(H2,19,23,24). The van der Waals surface area contributed by atoms with Gasteiger partial charge in [0, 0.05) is 19.0 Å². The van der Waals surface area contributed by atoms with Gasteiger partial charge in [0.15, 0.2) is 0 Å². The second-order valence-electron chi connectivity index (χ2n) is 6.24. The zero-order valence-corrected chi connectivity index (χ0v) is 17.1. The number of sulfonamides is 1. The highest BCUT2D eigenvalue weighted by Gasteiger charge is 2.18. The molecule has 0 saturated heterocycles. The van der Waals surface area contributed by atoms with E-state index in [0.29, 0.717) is 16.3 Å². The summed E-state index contributed by atoms with van der Waals surface area (Å²) in [5.41, 5.74) is 2.30. The Bertz CT molecular complexity index is 902. The fraction of sp³-hybridized carbons (Fsp3) is 0.389. The second kappa shape index (κ2) is 8.20. The maximum atomic E-state index is 12.7. The van der Waals surface area contributed by atoms with Crippen LogP contribution in [-0.2, 0) is 22.9 Å². The summed E-state index contributed by atoms with van der Waals surface area (Å²) in [6.07, 6.45) is 2.85. The number of amides is 1. The molecular formula is C18H25N3O3S2. The van der Waals surface area contributed by atoms with Crippen molar-refractivity contribution in [3.05, 3.63) is 39.6 Å². The molecule has 1 amide bonds. The number of anilines is 2. The van der Waals surface area contributed by atoms with Gasteiger partial charge in [0.25, 0.3) is 5.91 Å². The van der Waals surface area contributed by atoms with Crippen LogP contribution in [0.5, 0.6) is 0 Å². The minimum absolute atomic E-state index is 0.0366. The van der Waals surface area contributed by atoms with E-state index >= 15 is 0 Å². The molecule has 1 aromatic heterocycles. The Morgan fingerprint density at radius 3 is 2.46 bits per heavy atom. The Morgan fingerprint density at radius 1 is 1.23 bits per heavy atom. The van der Waals surface area contributed by atoms with Crippen molar-refractivity contribution in [2.75, 3.05) is 24.3 Å². The normalized spacial score (nSPS) is 11.4. The molecule has 8 heteroatoms. The van der Waals surface area contributed by atoms with Gasteiger partial charge in [0.2, 0.25) is 10.0 Å². The lowest BCUT2D eigenvalue weighted by atomic mass is 10.1. The summed E-state index contributed by atoms with van der Waals surface area (Å²) >= 11 is 1.49. The highest BCUT2D eigenvalue weighted by molar-refractivity contribution is 7.89. The van der Waals surface area contributed by atoms with Gasteiger partial charge in [-0.15, -0.1) is 11.3 Å². The van der Waals surface area contributed by atoms with Crippen LogP contribution < -0.4 is 15.4 Å². The molecule has 0 atom stereocenters. The van der Waals surface area contributed by atoms with Crippen molar-refractivity contribution in [3.63, 3.8) is 0 Å². The van der Waals surface area contributed by atoms with Gasteiger partial charge in [-0.1, -0.05) is 20.3 Å². The first-order valence-electron chi connectivity index (χ1n) is 8.44. The Hall–Kier alpha value is -1.90. The molecule has 0 saturated carbocycles. The van der Waals surface area contributed by atoms with E-state index in [1.807, 2.05) is 20.2 Å². The number of carbonyl (C=O) groups is 1. The topological polar surface area (TPSA) is 92.5 Å². The van der Waals surface area contributed by atoms with Crippen LogP contribution in [0.4, 0.5) is 11.4 Å². The quantitative estimate of drug-likeness (QED) is 0.753.